The third-order valence-electron chi connectivity index (χ3n) is 5.40. The Bertz CT molecular complexity index is 1150. The molecule has 3 aromatic rings. The minimum atomic E-state index is -0.436. The van der Waals surface area contributed by atoms with Crippen molar-refractivity contribution in [2.75, 3.05) is 14.2 Å². The summed E-state index contributed by atoms with van der Waals surface area (Å²) in [5, 5.41) is 15.7. The molecule has 5 N–H and O–H groups in total. The summed E-state index contributed by atoms with van der Waals surface area (Å²) in [7, 11) is 3.06. The first-order chi connectivity index (χ1) is 14.9. The number of methoxy groups -OCH3 is 1. The van der Waals surface area contributed by atoms with E-state index in [1.165, 1.54) is 18.3 Å². The fraction of sp³-hybridized carbons (Fsp3) is 0.217. The number of rotatable bonds is 6. The molecule has 2 aromatic carbocycles. The van der Waals surface area contributed by atoms with E-state index in [0.717, 1.165) is 28.9 Å². The van der Waals surface area contributed by atoms with E-state index in [2.05, 4.69) is 5.10 Å². The normalized spacial score (nSPS) is 18.0. The van der Waals surface area contributed by atoms with Gasteiger partial charge in [0.2, 0.25) is 0 Å². The molecule has 0 spiro atoms. The van der Waals surface area contributed by atoms with E-state index in [4.69, 9.17) is 16.3 Å². The number of esters is 1. The molecule has 0 radical (unpaired) electrons. The van der Waals surface area contributed by atoms with Gasteiger partial charge in [0.25, 0.3) is 0 Å². The number of aromatic hydroxyl groups is 1. The van der Waals surface area contributed by atoms with Crippen molar-refractivity contribution >= 4 is 5.97 Å². The number of benzene rings is 2. The number of ether oxygens (including phenoxy) is 1. The molecule has 0 amide bonds. The lowest BCUT2D eigenvalue weighted by Crippen LogP contribution is -2.21. The lowest BCUT2D eigenvalue weighted by atomic mass is 10.0. The summed E-state index contributed by atoms with van der Waals surface area (Å²) in [5.41, 5.74) is 10.7. The summed E-state index contributed by atoms with van der Waals surface area (Å²) in [4.78, 5) is 12.4. The minimum Gasteiger partial charge on any atom is -0.508 e. The molecule has 1 aliphatic carbocycles. The molecular formula is C23H25N5O3. The quantitative estimate of drug-likeness (QED) is 0.319. The van der Waals surface area contributed by atoms with Gasteiger partial charge in [0, 0.05) is 30.8 Å². The van der Waals surface area contributed by atoms with Crippen LogP contribution in [0.3, 0.4) is 0 Å². The predicted molar refractivity (Wildman–Crippen MR) is 117 cm³/mol. The Morgan fingerprint density at radius 2 is 1.97 bits per heavy atom. The number of hydrazine groups is 1. The smallest absolute Gasteiger partial charge is 0.341 e. The molecule has 31 heavy (non-hydrogen) atoms. The molecule has 0 aliphatic heterocycles. The number of nitrogens with zero attached hydrogens (tertiary/aromatic N) is 3. The second-order valence-electron chi connectivity index (χ2n) is 7.69. The standard InChI is InChI=1S/C23H25N5O3/c1-27(25)13-21(24)18-11-19(18)22-20(23(30)31-2)12-26-28(22)16-7-3-5-14(9-16)15-6-4-8-17(29)10-15/h3-10,12-13,18-19,29H,11,24-25H2,1-2H3/b21-13-/t18?,19-/m1/s1. The SMILES string of the molecule is COC(=O)c1cnn(-c2cccc(-c3cccc(O)c3)c2)c1[C@@H]1CC1/C(N)=C/N(C)N. The summed E-state index contributed by atoms with van der Waals surface area (Å²) in [6.07, 6.45) is 4.01. The maximum Gasteiger partial charge on any atom is 0.341 e. The van der Waals surface area contributed by atoms with Gasteiger partial charge in [-0.25, -0.2) is 15.3 Å². The second kappa shape index (κ2) is 8.16. The van der Waals surface area contributed by atoms with E-state index in [-0.39, 0.29) is 17.6 Å². The van der Waals surface area contributed by atoms with Gasteiger partial charge < -0.3 is 20.6 Å². The zero-order valence-corrected chi connectivity index (χ0v) is 17.4. The van der Waals surface area contributed by atoms with Crippen molar-refractivity contribution in [3.05, 3.63) is 77.9 Å². The first-order valence-electron chi connectivity index (χ1n) is 9.90. The van der Waals surface area contributed by atoms with Crippen molar-refractivity contribution in [3.63, 3.8) is 0 Å². The van der Waals surface area contributed by atoms with Crippen LogP contribution in [0.1, 0.15) is 28.4 Å². The van der Waals surface area contributed by atoms with Crippen molar-refractivity contribution in [1.82, 2.24) is 14.8 Å². The molecule has 8 nitrogen and oxygen atoms in total. The molecule has 1 unspecified atom stereocenters. The van der Waals surface area contributed by atoms with Crippen LogP contribution in [-0.2, 0) is 4.74 Å². The first-order valence-corrected chi connectivity index (χ1v) is 9.90. The Hall–Kier alpha value is -3.78. The third kappa shape index (κ3) is 4.10. The van der Waals surface area contributed by atoms with Gasteiger partial charge in [-0.15, -0.1) is 0 Å². The number of hydrogen-bond donors (Lipinski definition) is 3. The first kappa shape index (κ1) is 20.5. The average molecular weight is 419 g/mol. The number of phenolic OH excluding ortho intramolecular Hbond substituents is 1. The maximum atomic E-state index is 12.4. The molecule has 1 aromatic heterocycles. The Labute approximate surface area is 180 Å². The highest BCUT2D eigenvalue weighted by Gasteiger charge is 2.45. The van der Waals surface area contributed by atoms with Crippen LogP contribution in [0, 0.1) is 5.92 Å². The van der Waals surface area contributed by atoms with E-state index < -0.39 is 5.97 Å². The van der Waals surface area contributed by atoms with E-state index in [9.17, 15) is 9.90 Å². The molecule has 4 rings (SSSR count). The lowest BCUT2D eigenvalue weighted by Gasteiger charge is -2.12. The molecule has 2 atom stereocenters. The Morgan fingerprint density at radius 3 is 2.65 bits per heavy atom. The molecule has 1 saturated carbocycles. The van der Waals surface area contributed by atoms with Crippen LogP contribution in [0.4, 0.5) is 0 Å². The molecular weight excluding hydrogens is 394 g/mol. The second-order valence-corrected chi connectivity index (χ2v) is 7.69. The molecule has 1 fully saturated rings. The largest absolute Gasteiger partial charge is 0.508 e. The van der Waals surface area contributed by atoms with E-state index in [1.807, 2.05) is 30.3 Å². The van der Waals surface area contributed by atoms with Crippen LogP contribution in [0.2, 0.25) is 0 Å². The van der Waals surface area contributed by atoms with Crippen molar-refractivity contribution in [2.45, 2.75) is 12.3 Å². The van der Waals surface area contributed by atoms with Crippen molar-refractivity contribution < 1.29 is 14.6 Å². The summed E-state index contributed by atoms with van der Waals surface area (Å²) < 4.78 is 6.74. The highest BCUT2D eigenvalue weighted by molar-refractivity contribution is 5.91. The van der Waals surface area contributed by atoms with Crippen LogP contribution < -0.4 is 11.6 Å². The molecule has 0 bridgehead atoms. The zero-order chi connectivity index (χ0) is 22.1. The average Bonchev–Trinajstić information content (AvgIpc) is 3.43. The summed E-state index contributed by atoms with van der Waals surface area (Å²) in [6.45, 7) is 0. The minimum absolute atomic E-state index is 0.0252. The van der Waals surface area contributed by atoms with Crippen molar-refractivity contribution in [2.24, 2.45) is 17.5 Å². The zero-order valence-electron chi connectivity index (χ0n) is 17.4. The maximum absolute atomic E-state index is 12.4. The van der Waals surface area contributed by atoms with Gasteiger partial charge in [0.15, 0.2) is 0 Å². The van der Waals surface area contributed by atoms with Gasteiger partial charge in [-0.05, 0) is 41.8 Å². The van der Waals surface area contributed by atoms with Gasteiger partial charge in [0.1, 0.15) is 11.3 Å². The molecule has 0 saturated heterocycles. The number of carbonyl (C=O) groups excluding carboxylic acids is 1. The monoisotopic (exact) mass is 419 g/mol. The van der Waals surface area contributed by atoms with Gasteiger partial charge in [-0.1, -0.05) is 24.3 Å². The van der Waals surface area contributed by atoms with E-state index >= 15 is 0 Å². The number of hydrogen-bond acceptors (Lipinski definition) is 7. The molecule has 160 valence electrons. The van der Waals surface area contributed by atoms with Gasteiger partial charge >= 0.3 is 5.97 Å². The highest BCUT2D eigenvalue weighted by Crippen LogP contribution is 2.52. The molecule has 1 heterocycles. The predicted octanol–water partition coefficient (Wildman–Crippen LogP) is 2.74. The van der Waals surface area contributed by atoms with Crippen LogP contribution >= 0.6 is 0 Å². The topological polar surface area (TPSA) is 120 Å². The van der Waals surface area contributed by atoms with Crippen molar-refractivity contribution in [3.8, 4) is 22.6 Å². The summed E-state index contributed by atoms with van der Waals surface area (Å²) in [6, 6.07) is 14.8. The van der Waals surface area contributed by atoms with E-state index in [1.54, 1.807) is 36.1 Å². The Kier molecular flexibility index (Phi) is 5.39. The fourth-order valence-electron chi connectivity index (χ4n) is 3.89. The third-order valence-corrected chi connectivity index (χ3v) is 5.40. The molecule has 1 aliphatic rings. The summed E-state index contributed by atoms with van der Waals surface area (Å²) >= 11 is 0. The van der Waals surface area contributed by atoms with Crippen LogP contribution in [0.15, 0.2) is 66.6 Å². The number of allylic oxidation sites excluding steroid dienone is 1. The fourth-order valence-corrected chi connectivity index (χ4v) is 3.89. The number of aromatic nitrogens is 2. The van der Waals surface area contributed by atoms with Crippen LogP contribution in [-0.4, -0.2) is 40.0 Å². The lowest BCUT2D eigenvalue weighted by molar-refractivity contribution is 0.0599. The van der Waals surface area contributed by atoms with Crippen LogP contribution in [0.25, 0.3) is 16.8 Å². The Balaban J connectivity index is 1.76. The van der Waals surface area contributed by atoms with Crippen LogP contribution in [0.5, 0.6) is 5.75 Å². The number of phenols is 1. The highest BCUT2D eigenvalue weighted by atomic mass is 16.5. The van der Waals surface area contributed by atoms with Gasteiger partial charge in [0.05, 0.1) is 24.7 Å². The van der Waals surface area contributed by atoms with E-state index in [0.29, 0.717) is 11.3 Å². The molecule has 8 heteroatoms. The van der Waals surface area contributed by atoms with Gasteiger partial charge in [-0.3, -0.25) is 0 Å². The number of nitrogens with two attached hydrogens (primary N) is 2. The summed E-state index contributed by atoms with van der Waals surface area (Å²) in [5.74, 6) is 5.55. The number of carbonyl (C=O) groups is 1. The van der Waals surface area contributed by atoms with Crippen molar-refractivity contribution in [1.29, 1.82) is 0 Å². The Morgan fingerprint density at radius 1 is 1.26 bits per heavy atom. The van der Waals surface area contributed by atoms with Gasteiger partial charge in [-0.2, -0.15) is 5.10 Å².